The monoisotopic (exact) mass is 257 g/mol. The molecule has 96 valence electrons. The van der Waals surface area contributed by atoms with Gasteiger partial charge in [-0.3, -0.25) is 0 Å². The molecule has 0 aromatic carbocycles. The van der Waals surface area contributed by atoms with Crippen molar-refractivity contribution in [1.82, 2.24) is 4.72 Å². The predicted octanol–water partition coefficient (Wildman–Crippen LogP) is 1.68. The number of nitriles is 2. The van der Waals surface area contributed by atoms with Crippen LogP contribution in [0, 0.1) is 22.7 Å². The average molecular weight is 257 g/mol. The van der Waals surface area contributed by atoms with Gasteiger partial charge >= 0.3 is 0 Å². The van der Waals surface area contributed by atoms with Gasteiger partial charge in [0.2, 0.25) is 10.0 Å². The first-order valence-electron chi connectivity index (χ1n) is 5.83. The van der Waals surface area contributed by atoms with Crippen molar-refractivity contribution in [2.45, 2.75) is 44.9 Å². The third kappa shape index (κ3) is 11.2. The minimum Gasteiger partial charge on any atom is -0.214 e. The van der Waals surface area contributed by atoms with E-state index in [1.54, 1.807) is 6.07 Å². The van der Waals surface area contributed by atoms with Crippen molar-refractivity contribution in [3.05, 3.63) is 0 Å². The Morgan fingerprint density at radius 2 is 1.47 bits per heavy atom. The van der Waals surface area contributed by atoms with Crippen LogP contribution in [-0.4, -0.2) is 20.7 Å². The largest absolute Gasteiger partial charge is 0.225 e. The van der Waals surface area contributed by atoms with Crippen LogP contribution in [-0.2, 0) is 10.0 Å². The van der Waals surface area contributed by atoms with E-state index in [4.69, 9.17) is 10.5 Å². The van der Waals surface area contributed by atoms with Gasteiger partial charge in [0.05, 0.1) is 12.1 Å². The summed E-state index contributed by atoms with van der Waals surface area (Å²) >= 11 is 0. The Morgan fingerprint density at radius 3 is 2.06 bits per heavy atom. The quantitative estimate of drug-likeness (QED) is 0.602. The SMILES string of the molecule is N#CCCCCCCCCNS(=O)(=O)CC#N. The second kappa shape index (κ2) is 10.1. The molecular formula is C11H19N3O2S. The molecule has 0 atom stereocenters. The summed E-state index contributed by atoms with van der Waals surface area (Å²) in [6.07, 6.45) is 6.55. The zero-order valence-corrected chi connectivity index (χ0v) is 10.8. The molecule has 17 heavy (non-hydrogen) atoms. The van der Waals surface area contributed by atoms with Gasteiger partial charge in [-0.2, -0.15) is 10.5 Å². The minimum atomic E-state index is -3.38. The Labute approximate surface area is 103 Å². The smallest absolute Gasteiger partial charge is 0.214 e. The third-order valence-electron chi connectivity index (χ3n) is 2.29. The molecule has 5 nitrogen and oxygen atoms in total. The number of nitrogens with zero attached hydrogens (tertiary/aromatic N) is 2. The number of nitrogens with one attached hydrogen (secondary N) is 1. The van der Waals surface area contributed by atoms with Gasteiger partial charge in [0, 0.05) is 13.0 Å². The van der Waals surface area contributed by atoms with Crippen molar-refractivity contribution in [1.29, 1.82) is 10.5 Å². The minimum absolute atomic E-state index is 0.405. The van der Waals surface area contributed by atoms with Crippen molar-refractivity contribution >= 4 is 10.0 Å². The molecule has 0 aliphatic rings. The van der Waals surface area contributed by atoms with E-state index in [0.29, 0.717) is 13.0 Å². The molecule has 0 unspecified atom stereocenters. The van der Waals surface area contributed by atoms with E-state index in [2.05, 4.69) is 10.8 Å². The van der Waals surface area contributed by atoms with E-state index >= 15 is 0 Å². The summed E-state index contributed by atoms with van der Waals surface area (Å²) in [7, 11) is -3.38. The Bertz CT molecular complexity index is 365. The highest BCUT2D eigenvalue weighted by molar-refractivity contribution is 7.89. The molecule has 0 saturated carbocycles. The molecule has 0 radical (unpaired) electrons. The van der Waals surface area contributed by atoms with E-state index < -0.39 is 15.8 Å². The van der Waals surface area contributed by atoms with Crippen LogP contribution >= 0.6 is 0 Å². The molecule has 0 rings (SSSR count). The first kappa shape index (κ1) is 15.9. The van der Waals surface area contributed by atoms with Gasteiger partial charge in [0.1, 0.15) is 0 Å². The molecule has 0 aliphatic carbocycles. The Kier molecular flexibility index (Phi) is 9.41. The second-order valence-electron chi connectivity index (χ2n) is 3.84. The van der Waals surface area contributed by atoms with Crippen LogP contribution in [0.1, 0.15) is 44.9 Å². The van der Waals surface area contributed by atoms with Crippen LogP contribution in [0.15, 0.2) is 0 Å². The molecule has 0 saturated heterocycles. The fourth-order valence-corrected chi connectivity index (χ4v) is 2.13. The summed E-state index contributed by atoms with van der Waals surface area (Å²) in [6.45, 7) is 0.405. The standard InChI is InChI=1S/C11H19N3O2S/c12-8-6-4-2-1-3-5-7-10-14-17(15,16)11-9-13/h14H,1-7,10-11H2. The van der Waals surface area contributed by atoms with Crippen LogP contribution in [0.2, 0.25) is 0 Å². The molecule has 1 N–H and O–H groups in total. The molecular weight excluding hydrogens is 238 g/mol. The maximum atomic E-state index is 11.1. The van der Waals surface area contributed by atoms with Gasteiger partial charge in [0.15, 0.2) is 5.75 Å². The van der Waals surface area contributed by atoms with E-state index in [1.807, 2.05) is 0 Å². The molecule has 0 heterocycles. The first-order chi connectivity index (χ1) is 8.12. The normalized spacial score (nSPS) is 10.7. The van der Waals surface area contributed by atoms with E-state index in [-0.39, 0.29) is 0 Å². The van der Waals surface area contributed by atoms with Gasteiger partial charge < -0.3 is 0 Å². The lowest BCUT2D eigenvalue weighted by atomic mass is 10.1. The number of hydrogen-bond acceptors (Lipinski definition) is 4. The summed E-state index contributed by atoms with van der Waals surface area (Å²) in [5, 5.41) is 16.6. The summed E-state index contributed by atoms with van der Waals surface area (Å²) in [5.41, 5.74) is 0. The Hall–Kier alpha value is -1.11. The molecule has 0 aromatic rings. The lowest BCUT2D eigenvalue weighted by molar-refractivity contribution is 0.568. The topological polar surface area (TPSA) is 93.8 Å². The molecule has 0 amide bonds. The van der Waals surface area contributed by atoms with Crippen molar-refractivity contribution < 1.29 is 8.42 Å². The van der Waals surface area contributed by atoms with Gasteiger partial charge in [-0.05, 0) is 12.8 Å². The maximum Gasteiger partial charge on any atom is 0.225 e. The van der Waals surface area contributed by atoms with Crippen LogP contribution in [0.3, 0.4) is 0 Å². The highest BCUT2D eigenvalue weighted by atomic mass is 32.2. The van der Waals surface area contributed by atoms with E-state index in [0.717, 1.165) is 38.5 Å². The number of hydrogen-bond donors (Lipinski definition) is 1. The molecule has 0 fully saturated rings. The lowest BCUT2D eigenvalue weighted by Crippen LogP contribution is -2.26. The number of sulfonamides is 1. The fourth-order valence-electron chi connectivity index (χ4n) is 1.40. The first-order valence-corrected chi connectivity index (χ1v) is 7.49. The average Bonchev–Trinajstić information content (AvgIpc) is 2.27. The van der Waals surface area contributed by atoms with Crippen LogP contribution < -0.4 is 4.72 Å². The highest BCUT2D eigenvalue weighted by Gasteiger charge is 2.07. The van der Waals surface area contributed by atoms with Crippen molar-refractivity contribution in [3.8, 4) is 12.1 Å². The van der Waals surface area contributed by atoms with Crippen molar-refractivity contribution in [2.24, 2.45) is 0 Å². The van der Waals surface area contributed by atoms with Gasteiger partial charge in [-0.1, -0.05) is 25.7 Å². The number of unbranched alkanes of at least 4 members (excludes halogenated alkanes) is 6. The van der Waals surface area contributed by atoms with Crippen molar-refractivity contribution in [3.63, 3.8) is 0 Å². The Balaban J connectivity index is 3.31. The molecule has 0 aromatic heterocycles. The second-order valence-corrected chi connectivity index (χ2v) is 5.65. The summed E-state index contributed by atoms with van der Waals surface area (Å²) in [6, 6.07) is 3.72. The molecule has 0 bridgehead atoms. The molecule has 0 aliphatic heterocycles. The van der Waals surface area contributed by atoms with Gasteiger partial charge in [0.25, 0.3) is 0 Å². The van der Waals surface area contributed by atoms with E-state index in [9.17, 15) is 8.42 Å². The number of rotatable bonds is 10. The van der Waals surface area contributed by atoms with Crippen LogP contribution in [0.4, 0.5) is 0 Å². The summed E-state index contributed by atoms with van der Waals surface area (Å²) in [4.78, 5) is 0. The highest BCUT2D eigenvalue weighted by Crippen LogP contribution is 2.06. The van der Waals surface area contributed by atoms with Gasteiger partial charge in [-0.25, -0.2) is 13.1 Å². The third-order valence-corrected chi connectivity index (χ3v) is 3.44. The van der Waals surface area contributed by atoms with Gasteiger partial charge in [-0.15, -0.1) is 0 Å². The molecule has 6 heteroatoms. The van der Waals surface area contributed by atoms with Crippen LogP contribution in [0.5, 0.6) is 0 Å². The Morgan fingerprint density at radius 1 is 0.882 bits per heavy atom. The zero-order chi connectivity index (χ0) is 13.0. The predicted molar refractivity (Wildman–Crippen MR) is 65.3 cm³/mol. The summed E-state index contributed by atoms with van der Waals surface area (Å²) < 4.78 is 24.5. The van der Waals surface area contributed by atoms with Crippen LogP contribution in [0.25, 0.3) is 0 Å². The maximum absolute atomic E-state index is 11.1. The molecule has 0 spiro atoms. The van der Waals surface area contributed by atoms with Crippen molar-refractivity contribution in [2.75, 3.05) is 12.3 Å². The zero-order valence-electron chi connectivity index (χ0n) is 9.98. The van der Waals surface area contributed by atoms with E-state index in [1.165, 1.54) is 0 Å². The lowest BCUT2D eigenvalue weighted by Gasteiger charge is -2.03. The summed E-state index contributed by atoms with van der Waals surface area (Å²) in [5.74, 6) is -0.471. The fraction of sp³-hybridized carbons (Fsp3) is 0.818.